The van der Waals surface area contributed by atoms with E-state index in [1.807, 2.05) is 54.7 Å². The summed E-state index contributed by atoms with van der Waals surface area (Å²) < 4.78 is 12.0. The summed E-state index contributed by atoms with van der Waals surface area (Å²) in [6.07, 6.45) is 1.93. The second-order valence-corrected chi connectivity index (χ2v) is 8.05. The van der Waals surface area contributed by atoms with Crippen LogP contribution in [0.1, 0.15) is 35.8 Å². The van der Waals surface area contributed by atoms with Crippen molar-refractivity contribution in [2.45, 2.75) is 32.3 Å². The molecule has 2 aromatic carbocycles. The van der Waals surface area contributed by atoms with Crippen LogP contribution in [-0.4, -0.2) is 4.98 Å². The number of hydrogen-bond acceptors (Lipinski definition) is 4. The monoisotopic (exact) mass is 397 g/mol. The van der Waals surface area contributed by atoms with E-state index in [0.29, 0.717) is 18.4 Å². The number of furan rings is 1. The van der Waals surface area contributed by atoms with Crippen molar-refractivity contribution in [3.05, 3.63) is 70.7 Å². The van der Waals surface area contributed by atoms with Crippen molar-refractivity contribution in [2.24, 2.45) is 0 Å². The Balaban J connectivity index is 1.55. The number of ether oxygens (including phenoxy) is 1. The van der Waals surface area contributed by atoms with Crippen molar-refractivity contribution in [2.75, 3.05) is 0 Å². The summed E-state index contributed by atoms with van der Waals surface area (Å²) in [6.45, 7) is 4.83. The van der Waals surface area contributed by atoms with Crippen LogP contribution >= 0.6 is 22.9 Å². The molecule has 0 saturated carbocycles. The fraction of sp³-hybridized carbons (Fsp3) is 0.227. The summed E-state index contributed by atoms with van der Waals surface area (Å²) in [7, 11) is 0. The molecule has 4 rings (SSSR count). The van der Waals surface area contributed by atoms with E-state index in [-0.39, 0.29) is 0 Å². The largest absolute Gasteiger partial charge is 0.489 e. The first-order valence-electron chi connectivity index (χ1n) is 8.89. The number of nitrogens with zero attached hydrogens (tertiary/aromatic N) is 1. The molecular weight excluding hydrogens is 378 g/mol. The van der Waals surface area contributed by atoms with Gasteiger partial charge in [0, 0.05) is 22.3 Å². The maximum Gasteiger partial charge on any atom is 0.164 e. The summed E-state index contributed by atoms with van der Waals surface area (Å²) in [5.41, 5.74) is 3.03. The Kier molecular flexibility index (Phi) is 5.19. The highest BCUT2D eigenvalue weighted by atomic mass is 35.5. The molecule has 138 valence electrons. The highest BCUT2D eigenvalue weighted by molar-refractivity contribution is 7.15. The molecular formula is C22H20ClNO2S. The summed E-state index contributed by atoms with van der Waals surface area (Å²) >= 11 is 7.68. The number of halogens is 1. The Morgan fingerprint density at radius 1 is 1.11 bits per heavy atom. The van der Waals surface area contributed by atoms with E-state index in [4.69, 9.17) is 20.8 Å². The molecule has 3 nitrogen and oxygen atoms in total. The lowest BCUT2D eigenvalue weighted by Crippen LogP contribution is -1.98. The van der Waals surface area contributed by atoms with E-state index in [1.54, 1.807) is 11.3 Å². The summed E-state index contributed by atoms with van der Waals surface area (Å²) in [6, 6.07) is 16.0. The molecule has 5 heteroatoms. The lowest BCUT2D eigenvalue weighted by Gasteiger charge is -2.09. The zero-order valence-corrected chi connectivity index (χ0v) is 16.8. The van der Waals surface area contributed by atoms with Gasteiger partial charge >= 0.3 is 0 Å². The Bertz CT molecular complexity index is 1070. The molecule has 2 heterocycles. The highest BCUT2D eigenvalue weighted by Crippen LogP contribution is 2.34. The molecule has 0 atom stereocenters. The first-order chi connectivity index (χ1) is 13.1. The van der Waals surface area contributed by atoms with Crippen LogP contribution in [0.3, 0.4) is 0 Å². The molecule has 0 N–H and O–H groups in total. The molecule has 0 radical (unpaired) electrons. The second kappa shape index (κ2) is 7.75. The average molecular weight is 398 g/mol. The van der Waals surface area contributed by atoms with Crippen molar-refractivity contribution in [1.29, 1.82) is 0 Å². The van der Waals surface area contributed by atoms with Gasteiger partial charge in [0.1, 0.15) is 17.9 Å². The van der Waals surface area contributed by atoms with Gasteiger partial charge in [0.05, 0.1) is 0 Å². The molecule has 0 unspecified atom stereocenters. The Morgan fingerprint density at radius 3 is 2.67 bits per heavy atom. The van der Waals surface area contributed by atoms with Crippen LogP contribution < -0.4 is 4.74 Å². The van der Waals surface area contributed by atoms with Gasteiger partial charge in [0.25, 0.3) is 0 Å². The molecule has 0 aliphatic carbocycles. The minimum atomic E-state index is 0.469. The summed E-state index contributed by atoms with van der Waals surface area (Å²) in [5.74, 6) is 2.56. The zero-order valence-electron chi connectivity index (χ0n) is 15.2. The van der Waals surface area contributed by atoms with Gasteiger partial charge in [-0.3, -0.25) is 0 Å². The van der Waals surface area contributed by atoms with Crippen LogP contribution in [0.2, 0.25) is 0 Å². The van der Waals surface area contributed by atoms with Crippen LogP contribution in [-0.2, 0) is 12.5 Å². The van der Waals surface area contributed by atoms with Crippen LogP contribution in [0, 0.1) is 0 Å². The lowest BCUT2D eigenvalue weighted by atomic mass is 10.1. The maximum absolute atomic E-state index is 6.00. The number of benzene rings is 2. The standard InChI is InChI=1S/C22H20ClNO2S/c1-14(2)21-12-24-22(27-21)20-10-17-9-18(7-8-19(17)26-20)25-13-16-6-4-3-5-15(16)11-23/h3-10,12,14H,11,13H2,1-2H3. The molecule has 0 spiro atoms. The van der Waals surface area contributed by atoms with Crippen molar-refractivity contribution in [3.8, 4) is 16.5 Å². The van der Waals surface area contributed by atoms with Crippen molar-refractivity contribution in [1.82, 2.24) is 4.98 Å². The average Bonchev–Trinajstić information content (AvgIpc) is 3.33. The van der Waals surface area contributed by atoms with Gasteiger partial charge in [-0.15, -0.1) is 22.9 Å². The lowest BCUT2D eigenvalue weighted by molar-refractivity contribution is 0.305. The molecule has 27 heavy (non-hydrogen) atoms. The van der Waals surface area contributed by atoms with E-state index < -0.39 is 0 Å². The van der Waals surface area contributed by atoms with E-state index in [0.717, 1.165) is 38.6 Å². The third-order valence-electron chi connectivity index (χ3n) is 4.45. The highest BCUT2D eigenvalue weighted by Gasteiger charge is 2.13. The van der Waals surface area contributed by atoms with Gasteiger partial charge in [-0.2, -0.15) is 0 Å². The Hall–Kier alpha value is -2.30. The van der Waals surface area contributed by atoms with Gasteiger partial charge in [-0.1, -0.05) is 38.1 Å². The third-order valence-corrected chi connectivity index (χ3v) is 6.05. The normalized spacial score (nSPS) is 11.4. The van der Waals surface area contributed by atoms with Crippen LogP contribution in [0.5, 0.6) is 5.75 Å². The Labute approximate surface area is 167 Å². The number of alkyl halides is 1. The van der Waals surface area contributed by atoms with E-state index >= 15 is 0 Å². The van der Waals surface area contributed by atoms with Crippen molar-refractivity contribution >= 4 is 33.9 Å². The predicted octanol–water partition coefficient (Wildman–Crippen LogP) is 7.00. The maximum atomic E-state index is 6.00. The minimum absolute atomic E-state index is 0.469. The molecule has 0 saturated heterocycles. The molecule has 0 aliphatic rings. The first kappa shape index (κ1) is 18.1. The third kappa shape index (κ3) is 3.87. The number of hydrogen-bond donors (Lipinski definition) is 0. The molecule has 0 amide bonds. The number of aromatic nitrogens is 1. The quantitative estimate of drug-likeness (QED) is 0.328. The molecule has 2 aromatic heterocycles. The van der Waals surface area contributed by atoms with Crippen LogP contribution in [0.15, 0.2) is 59.1 Å². The van der Waals surface area contributed by atoms with Crippen LogP contribution in [0.4, 0.5) is 0 Å². The number of thiazole rings is 1. The van der Waals surface area contributed by atoms with Gasteiger partial charge in [-0.25, -0.2) is 4.98 Å². The van der Waals surface area contributed by atoms with Gasteiger partial charge in [-0.05, 0) is 41.3 Å². The topological polar surface area (TPSA) is 35.3 Å². The molecule has 0 fully saturated rings. The van der Waals surface area contributed by atoms with Gasteiger partial charge in [0.15, 0.2) is 10.8 Å². The van der Waals surface area contributed by atoms with Gasteiger partial charge < -0.3 is 9.15 Å². The van der Waals surface area contributed by atoms with E-state index in [2.05, 4.69) is 18.8 Å². The summed E-state index contributed by atoms with van der Waals surface area (Å²) in [5, 5.41) is 1.92. The molecule has 4 aromatic rings. The molecule has 0 bridgehead atoms. The summed E-state index contributed by atoms with van der Waals surface area (Å²) in [4.78, 5) is 5.76. The van der Waals surface area contributed by atoms with Crippen LogP contribution in [0.25, 0.3) is 21.7 Å². The van der Waals surface area contributed by atoms with Crippen molar-refractivity contribution in [3.63, 3.8) is 0 Å². The van der Waals surface area contributed by atoms with Crippen molar-refractivity contribution < 1.29 is 9.15 Å². The SMILES string of the molecule is CC(C)c1cnc(-c2cc3cc(OCc4ccccc4CCl)ccc3o2)s1. The fourth-order valence-electron chi connectivity index (χ4n) is 2.87. The predicted molar refractivity (Wildman–Crippen MR) is 112 cm³/mol. The van der Waals surface area contributed by atoms with Gasteiger partial charge in [0.2, 0.25) is 0 Å². The number of fused-ring (bicyclic) bond motifs is 1. The second-order valence-electron chi connectivity index (χ2n) is 6.72. The first-order valence-corrected chi connectivity index (χ1v) is 10.2. The smallest absolute Gasteiger partial charge is 0.164 e. The minimum Gasteiger partial charge on any atom is -0.489 e. The number of rotatable bonds is 6. The fourth-order valence-corrected chi connectivity index (χ4v) is 4.01. The van der Waals surface area contributed by atoms with E-state index in [9.17, 15) is 0 Å². The Morgan fingerprint density at radius 2 is 1.93 bits per heavy atom. The van der Waals surface area contributed by atoms with E-state index in [1.165, 1.54) is 4.88 Å². The zero-order chi connectivity index (χ0) is 18.8. The molecule has 0 aliphatic heterocycles.